The predicted molar refractivity (Wildman–Crippen MR) is 80.7 cm³/mol. The van der Waals surface area contributed by atoms with Crippen LogP contribution in [0.1, 0.15) is 30.1 Å². The fourth-order valence-corrected chi connectivity index (χ4v) is 4.50. The van der Waals surface area contributed by atoms with Gasteiger partial charge < -0.3 is 0 Å². The summed E-state index contributed by atoms with van der Waals surface area (Å²) in [4.78, 5) is 8.68. The number of hydrogen-bond donors (Lipinski definition) is 0. The molecule has 2 aromatic rings. The minimum absolute atomic E-state index is 0.0919. The number of aromatic nitrogens is 4. The number of nitrogens with zero attached hydrogens (tertiary/aromatic N) is 5. The van der Waals surface area contributed by atoms with E-state index in [0.29, 0.717) is 18.8 Å². The maximum absolute atomic E-state index is 12.8. The summed E-state index contributed by atoms with van der Waals surface area (Å²) in [6.45, 7) is 2.74. The molecule has 0 spiro atoms. The van der Waals surface area contributed by atoms with E-state index < -0.39 is 10.0 Å². The molecule has 22 heavy (non-hydrogen) atoms. The molecule has 1 atom stereocenters. The van der Waals surface area contributed by atoms with Gasteiger partial charge in [-0.3, -0.25) is 14.6 Å². The van der Waals surface area contributed by atoms with Crippen LogP contribution in [0, 0.1) is 6.92 Å². The summed E-state index contributed by atoms with van der Waals surface area (Å²) in [5, 5.41) is 4.04. The Morgan fingerprint density at radius 1 is 1.27 bits per heavy atom. The Hall–Kier alpha value is -1.80. The quantitative estimate of drug-likeness (QED) is 0.845. The van der Waals surface area contributed by atoms with Gasteiger partial charge in [0.1, 0.15) is 4.90 Å². The summed E-state index contributed by atoms with van der Waals surface area (Å²) >= 11 is 0. The first-order valence-corrected chi connectivity index (χ1v) is 8.69. The van der Waals surface area contributed by atoms with Crippen molar-refractivity contribution in [2.45, 2.75) is 30.6 Å². The number of hydrogen-bond acceptors (Lipinski definition) is 5. The Labute approximate surface area is 130 Å². The van der Waals surface area contributed by atoms with Gasteiger partial charge in [0, 0.05) is 44.6 Å². The van der Waals surface area contributed by atoms with Crippen molar-refractivity contribution in [2.24, 2.45) is 7.05 Å². The molecule has 0 saturated carbocycles. The number of aryl methyl sites for hydroxylation is 1. The summed E-state index contributed by atoms with van der Waals surface area (Å²) in [6.07, 6.45) is 8.16. The van der Waals surface area contributed by atoms with Gasteiger partial charge in [-0.2, -0.15) is 9.40 Å². The lowest BCUT2D eigenvalue weighted by atomic mass is 9.96. The lowest BCUT2D eigenvalue weighted by Crippen LogP contribution is -2.39. The number of sulfonamides is 1. The molecule has 2 aromatic heterocycles. The SMILES string of the molecule is Cc1c(S(=O)(=O)N2CCCC(c3cnccn3)C2)cnn1C. The van der Waals surface area contributed by atoms with Crippen molar-refractivity contribution < 1.29 is 8.42 Å². The van der Waals surface area contributed by atoms with Gasteiger partial charge in [-0.25, -0.2) is 8.42 Å². The van der Waals surface area contributed by atoms with E-state index in [1.807, 2.05) is 0 Å². The van der Waals surface area contributed by atoms with Gasteiger partial charge in [0.25, 0.3) is 0 Å². The number of piperidine rings is 1. The topological polar surface area (TPSA) is 81.0 Å². The van der Waals surface area contributed by atoms with Crippen molar-refractivity contribution in [3.8, 4) is 0 Å². The van der Waals surface area contributed by atoms with Gasteiger partial charge in [0.05, 0.1) is 17.6 Å². The van der Waals surface area contributed by atoms with Crippen LogP contribution in [0.25, 0.3) is 0 Å². The monoisotopic (exact) mass is 321 g/mol. The van der Waals surface area contributed by atoms with E-state index in [2.05, 4.69) is 15.1 Å². The Morgan fingerprint density at radius 3 is 2.73 bits per heavy atom. The normalized spacial score (nSPS) is 20.2. The Balaban J connectivity index is 1.87. The molecule has 1 aliphatic heterocycles. The van der Waals surface area contributed by atoms with E-state index >= 15 is 0 Å². The molecule has 1 aliphatic rings. The van der Waals surface area contributed by atoms with Crippen LogP contribution in [0.2, 0.25) is 0 Å². The Bertz CT molecular complexity index is 757. The van der Waals surface area contributed by atoms with Crippen molar-refractivity contribution >= 4 is 10.0 Å². The predicted octanol–water partition coefficient (Wildman–Crippen LogP) is 1.09. The molecular formula is C14H19N5O2S. The van der Waals surface area contributed by atoms with Crippen molar-refractivity contribution in [3.05, 3.63) is 36.2 Å². The molecule has 3 heterocycles. The third kappa shape index (κ3) is 2.64. The van der Waals surface area contributed by atoms with Gasteiger partial charge in [-0.05, 0) is 19.8 Å². The Morgan fingerprint density at radius 2 is 2.09 bits per heavy atom. The van der Waals surface area contributed by atoms with Gasteiger partial charge >= 0.3 is 0 Å². The van der Waals surface area contributed by atoms with Crippen LogP contribution in [-0.4, -0.2) is 45.6 Å². The first-order chi connectivity index (χ1) is 10.5. The molecule has 118 valence electrons. The van der Waals surface area contributed by atoms with E-state index in [1.165, 1.54) is 6.20 Å². The highest BCUT2D eigenvalue weighted by Gasteiger charge is 2.33. The molecule has 0 bridgehead atoms. The molecule has 8 heteroatoms. The van der Waals surface area contributed by atoms with Gasteiger partial charge in [0.15, 0.2) is 0 Å². The van der Waals surface area contributed by atoms with Crippen molar-refractivity contribution in [1.29, 1.82) is 0 Å². The molecule has 3 rings (SSSR count). The second-order valence-electron chi connectivity index (χ2n) is 5.55. The second-order valence-corrected chi connectivity index (χ2v) is 7.46. The average Bonchev–Trinajstić information content (AvgIpc) is 2.88. The molecule has 0 aliphatic carbocycles. The Kier molecular flexibility index (Phi) is 3.96. The standard InChI is InChI=1S/C14H19N5O2S/c1-11-14(9-17-18(11)2)22(20,21)19-7-3-4-12(10-19)13-8-15-5-6-16-13/h5-6,8-9,12H,3-4,7,10H2,1-2H3. The zero-order valence-corrected chi connectivity index (χ0v) is 13.5. The van der Waals surface area contributed by atoms with Gasteiger partial charge in [0.2, 0.25) is 10.0 Å². The van der Waals surface area contributed by atoms with Crippen LogP contribution in [0.15, 0.2) is 29.7 Å². The summed E-state index contributed by atoms with van der Waals surface area (Å²) in [5.74, 6) is 0.0919. The highest BCUT2D eigenvalue weighted by atomic mass is 32.2. The van der Waals surface area contributed by atoms with Crippen molar-refractivity contribution in [2.75, 3.05) is 13.1 Å². The fraction of sp³-hybridized carbons (Fsp3) is 0.500. The second kappa shape index (κ2) is 5.77. The van der Waals surface area contributed by atoms with E-state index in [9.17, 15) is 8.42 Å². The van der Waals surface area contributed by atoms with E-state index in [-0.39, 0.29) is 10.8 Å². The molecule has 1 saturated heterocycles. The fourth-order valence-electron chi connectivity index (χ4n) is 2.79. The van der Waals surface area contributed by atoms with Crippen LogP contribution in [0.5, 0.6) is 0 Å². The first kappa shape index (κ1) is 15.1. The minimum Gasteiger partial charge on any atom is -0.272 e. The minimum atomic E-state index is -3.51. The molecule has 1 fully saturated rings. The van der Waals surface area contributed by atoms with Crippen LogP contribution < -0.4 is 0 Å². The third-order valence-corrected chi connectivity index (χ3v) is 6.16. The molecule has 0 amide bonds. The molecule has 0 N–H and O–H groups in total. The largest absolute Gasteiger partial charge is 0.272 e. The van der Waals surface area contributed by atoms with Crippen LogP contribution >= 0.6 is 0 Å². The van der Waals surface area contributed by atoms with Gasteiger partial charge in [-0.15, -0.1) is 0 Å². The summed E-state index contributed by atoms with van der Waals surface area (Å²) in [5.41, 5.74) is 1.51. The maximum atomic E-state index is 12.8. The first-order valence-electron chi connectivity index (χ1n) is 7.25. The summed E-state index contributed by atoms with van der Waals surface area (Å²) in [6, 6.07) is 0. The lowest BCUT2D eigenvalue weighted by Gasteiger charge is -2.31. The molecule has 1 unspecified atom stereocenters. The zero-order chi connectivity index (χ0) is 15.7. The molecular weight excluding hydrogens is 302 g/mol. The maximum Gasteiger partial charge on any atom is 0.246 e. The zero-order valence-electron chi connectivity index (χ0n) is 12.7. The van der Waals surface area contributed by atoms with Crippen LogP contribution in [0.4, 0.5) is 0 Å². The molecule has 7 nitrogen and oxygen atoms in total. The average molecular weight is 321 g/mol. The van der Waals surface area contributed by atoms with Crippen molar-refractivity contribution in [1.82, 2.24) is 24.1 Å². The number of rotatable bonds is 3. The van der Waals surface area contributed by atoms with Gasteiger partial charge in [-0.1, -0.05) is 0 Å². The lowest BCUT2D eigenvalue weighted by molar-refractivity contribution is 0.312. The van der Waals surface area contributed by atoms with Crippen molar-refractivity contribution in [3.63, 3.8) is 0 Å². The third-order valence-electron chi connectivity index (χ3n) is 4.19. The summed E-state index contributed by atoms with van der Waals surface area (Å²) < 4.78 is 28.8. The van der Waals surface area contributed by atoms with E-state index in [0.717, 1.165) is 18.5 Å². The molecule has 0 aromatic carbocycles. The smallest absolute Gasteiger partial charge is 0.246 e. The summed E-state index contributed by atoms with van der Waals surface area (Å²) in [7, 11) is -1.77. The van der Waals surface area contributed by atoms with E-state index in [4.69, 9.17) is 0 Å². The van der Waals surface area contributed by atoms with Crippen LogP contribution in [-0.2, 0) is 17.1 Å². The highest BCUT2D eigenvalue weighted by Crippen LogP contribution is 2.29. The van der Waals surface area contributed by atoms with Crippen LogP contribution in [0.3, 0.4) is 0 Å². The highest BCUT2D eigenvalue weighted by molar-refractivity contribution is 7.89. The molecule has 0 radical (unpaired) electrons. The van der Waals surface area contributed by atoms with E-state index in [1.54, 1.807) is 41.5 Å².